The number of aliphatic hydroxyl groups is 2. The quantitative estimate of drug-likeness (QED) is 0.389. The maximum atomic E-state index is 13.3. The van der Waals surface area contributed by atoms with Crippen molar-refractivity contribution in [2.45, 2.75) is 63.4 Å². The van der Waals surface area contributed by atoms with E-state index in [2.05, 4.69) is 25.8 Å². The minimum atomic E-state index is -1.92. The van der Waals surface area contributed by atoms with Gasteiger partial charge in [0.2, 0.25) is 0 Å². The number of rotatable bonds is 8. The summed E-state index contributed by atoms with van der Waals surface area (Å²) in [6, 6.07) is 11.4. The number of hydrogen-bond donors (Lipinski definition) is 3. The van der Waals surface area contributed by atoms with Crippen molar-refractivity contribution in [3.63, 3.8) is 0 Å². The van der Waals surface area contributed by atoms with E-state index in [0.717, 1.165) is 34.0 Å². The fraction of sp³-hybridized carbons (Fsp3) is 0.500. The lowest BCUT2D eigenvalue weighted by Crippen LogP contribution is -2.49. The summed E-state index contributed by atoms with van der Waals surface area (Å²) >= 11 is 0. The fourth-order valence-electron chi connectivity index (χ4n) is 4.48. The molecule has 4 atom stereocenters. The third kappa shape index (κ3) is 4.36. The van der Waals surface area contributed by atoms with Crippen LogP contribution >= 0.6 is 0 Å². The van der Waals surface area contributed by atoms with Crippen LogP contribution in [-0.2, 0) is 9.47 Å². The van der Waals surface area contributed by atoms with Crippen LogP contribution in [0, 0.1) is 0 Å². The molecule has 0 radical (unpaired) electrons. The molecule has 0 spiro atoms. The number of benzene rings is 1. The molecule has 1 aromatic heterocycles. The van der Waals surface area contributed by atoms with Gasteiger partial charge in [-0.2, -0.15) is 0 Å². The molecule has 1 fully saturated rings. The van der Waals surface area contributed by atoms with Crippen LogP contribution in [-0.4, -0.2) is 58.7 Å². The van der Waals surface area contributed by atoms with E-state index < -0.39 is 56.4 Å². The topological polar surface area (TPSA) is 131 Å². The van der Waals surface area contributed by atoms with Gasteiger partial charge >= 0.3 is 11.7 Å². The van der Waals surface area contributed by atoms with E-state index in [-0.39, 0.29) is 0 Å². The highest BCUT2D eigenvalue weighted by Gasteiger charge is 2.48. The van der Waals surface area contributed by atoms with E-state index in [1.54, 1.807) is 12.1 Å². The zero-order valence-electron chi connectivity index (χ0n) is 18.5. The van der Waals surface area contributed by atoms with Crippen LogP contribution in [0.5, 0.6) is 0 Å². The minimum absolute atomic E-state index is 0.442. The third-order valence-electron chi connectivity index (χ3n) is 6.61. The molecule has 3 rings (SSSR count). The molecule has 3 N–H and O–H groups in total. The smallest absolute Gasteiger partial charge is 0.338 e. The van der Waals surface area contributed by atoms with Crippen LogP contribution in [0.1, 0.15) is 37.4 Å². The summed E-state index contributed by atoms with van der Waals surface area (Å²) in [5.41, 5.74) is -0.924. The summed E-state index contributed by atoms with van der Waals surface area (Å²) in [7, 11) is -1.92. The van der Waals surface area contributed by atoms with E-state index in [0.29, 0.717) is 5.56 Å². The zero-order chi connectivity index (χ0) is 23.5. The monoisotopic (exact) mass is 462 g/mol. The van der Waals surface area contributed by atoms with Gasteiger partial charge in [-0.15, -0.1) is 0 Å². The van der Waals surface area contributed by atoms with Crippen molar-refractivity contribution in [3.8, 4) is 0 Å². The van der Waals surface area contributed by atoms with Gasteiger partial charge in [-0.3, -0.25) is 14.3 Å². The normalized spacial score (nSPS) is 23.3. The Bertz CT molecular complexity index is 1050. The Balaban J connectivity index is 1.98. The van der Waals surface area contributed by atoms with Gasteiger partial charge in [-0.25, -0.2) is 9.59 Å². The van der Waals surface area contributed by atoms with Crippen molar-refractivity contribution in [1.29, 1.82) is 0 Å². The average Bonchev–Trinajstić information content (AvgIpc) is 3.11. The van der Waals surface area contributed by atoms with Crippen LogP contribution in [0.15, 0.2) is 46.1 Å². The van der Waals surface area contributed by atoms with Crippen LogP contribution in [0.4, 0.5) is 0 Å². The van der Waals surface area contributed by atoms with Crippen molar-refractivity contribution in [2.75, 3.05) is 6.61 Å². The SMILES string of the molecule is CC[Si](CC)(CC)c1ccccc1C(=O)O[C@@H]1[C@H](O)[C@@H](CO)O[C@H]1n1ccc(=O)[nH]c1=O. The zero-order valence-corrected chi connectivity index (χ0v) is 19.5. The first-order valence-corrected chi connectivity index (χ1v) is 13.5. The largest absolute Gasteiger partial charge is 0.451 e. The number of nitrogens with zero attached hydrogens (tertiary/aromatic N) is 1. The van der Waals surface area contributed by atoms with Gasteiger partial charge in [0, 0.05) is 12.3 Å². The Kier molecular flexibility index (Phi) is 7.50. The summed E-state index contributed by atoms with van der Waals surface area (Å²) < 4.78 is 12.4. The molecule has 2 aromatic rings. The summed E-state index contributed by atoms with van der Waals surface area (Å²) in [5.74, 6) is -0.624. The molecular weight excluding hydrogens is 432 g/mol. The van der Waals surface area contributed by atoms with Crippen LogP contribution < -0.4 is 16.4 Å². The molecule has 2 heterocycles. The molecular formula is C22H30N2O7Si. The molecule has 9 nitrogen and oxygen atoms in total. The van der Waals surface area contributed by atoms with Gasteiger partial charge < -0.3 is 19.7 Å². The molecule has 0 aliphatic carbocycles. The second-order valence-corrected chi connectivity index (χ2v) is 13.2. The van der Waals surface area contributed by atoms with Crippen molar-refractivity contribution < 1.29 is 24.5 Å². The molecule has 10 heteroatoms. The summed E-state index contributed by atoms with van der Waals surface area (Å²) in [6.45, 7) is 5.89. The molecule has 0 bridgehead atoms. The number of hydrogen-bond acceptors (Lipinski definition) is 7. The molecule has 0 amide bonds. The van der Waals surface area contributed by atoms with Crippen molar-refractivity contribution in [3.05, 3.63) is 62.9 Å². The maximum Gasteiger partial charge on any atom is 0.338 e. The lowest BCUT2D eigenvalue weighted by molar-refractivity contribution is -0.0603. The number of carbonyl (C=O) groups excluding carboxylic acids is 1. The second kappa shape index (κ2) is 9.95. The van der Waals surface area contributed by atoms with E-state index in [1.807, 2.05) is 12.1 Å². The number of ether oxygens (including phenoxy) is 2. The molecule has 1 aliphatic rings. The van der Waals surface area contributed by atoms with Crippen LogP contribution in [0.2, 0.25) is 18.1 Å². The van der Waals surface area contributed by atoms with Gasteiger partial charge in [0.25, 0.3) is 5.56 Å². The maximum absolute atomic E-state index is 13.3. The van der Waals surface area contributed by atoms with Crippen molar-refractivity contribution in [1.82, 2.24) is 9.55 Å². The first-order chi connectivity index (χ1) is 15.3. The van der Waals surface area contributed by atoms with Gasteiger partial charge in [-0.05, 0) is 11.3 Å². The third-order valence-corrected chi connectivity index (χ3v) is 12.2. The number of aromatic amines is 1. The molecule has 0 unspecified atom stereocenters. The number of aromatic nitrogens is 2. The lowest BCUT2D eigenvalue weighted by Gasteiger charge is -2.31. The van der Waals surface area contributed by atoms with E-state index >= 15 is 0 Å². The van der Waals surface area contributed by atoms with E-state index in [4.69, 9.17) is 9.47 Å². The van der Waals surface area contributed by atoms with Gasteiger partial charge in [0.05, 0.1) is 20.2 Å². The highest BCUT2D eigenvalue weighted by molar-refractivity contribution is 6.92. The molecule has 1 saturated heterocycles. The molecule has 174 valence electrons. The Hall–Kier alpha value is -2.53. The number of esters is 1. The van der Waals surface area contributed by atoms with Gasteiger partial charge in [-0.1, -0.05) is 57.1 Å². The number of carbonyl (C=O) groups is 1. The first-order valence-electron chi connectivity index (χ1n) is 10.9. The predicted octanol–water partition coefficient (Wildman–Crippen LogP) is 0.728. The van der Waals surface area contributed by atoms with E-state index in [1.165, 1.54) is 6.20 Å². The Morgan fingerprint density at radius 1 is 1.16 bits per heavy atom. The number of nitrogens with one attached hydrogen (secondary N) is 1. The van der Waals surface area contributed by atoms with Gasteiger partial charge in [0.15, 0.2) is 12.3 Å². The summed E-state index contributed by atoms with van der Waals surface area (Å²) in [4.78, 5) is 39.1. The first kappa shape index (κ1) is 24.1. The molecule has 32 heavy (non-hydrogen) atoms. The van der Waals surface area contributed by atoms with E-state index in [9.17, 15) is 24.6 Å². The second-order valence-electron chi connectivity index (χ2n) is 8.01. The predicted molar refractivity (Wildman–Crippen MR) is 121 cm³/mol. The highest BCUT2D eigenvalue weighted by atomic mass is 28.3. The lowest BCUT2D eigenvalue weighted by atomic mass is 10.1. The minimum Gasteiger partial charge on any atom is -0.451 e. The highest BCUT2D eigenvalue weighted by Crippen LogP contribution is 2.31. The van der Waals surface area contributed by atoms with Crippen LogP contribution in [0.25, 0.3) is 0 Å². The van der Waals surface area contributed by atoms with Crippen molar-refractivity contribution in [2.24, 2.45) is 0 Å². The summed E-state index contributed by atoms with van der Waals surface area (Å²) in [5, 5.41) is 21.2. The number of H-pyrrole nitrogens is 1. The Morgan fingerprint density at radius 3 is 2.41 bits per heavy atom. The summed E-state index contributed by atoms with van der Waals surface area (Å²) in [6.07, 6.45) is -3.66. The Morgan fingerprint density at radius 2 is 1.81 bits per heavy atom. The average molecular weight is 463 g/mol. The molecule has 1 aliphatic heterocycles. The Labute approximate surface area is 186 Å². The molecule has 1 aromatic carbocycles. The van der Waals surface area contributed by atoms with Gasteiger partial charge in [0.1, 0.15) is 12.2 Å². The van der Waals surface area contributed by atoms with Crippen molar-refractivity contribution >= 4 is 19.2 Å². The standard InChI is InChI=1S/C22H30N2O7Si/c1-4-32(5-2,6-3)16-10-8-7-9-14(16)21(28)31-19-18(27)15(13-25)30-20(19)24-12-11-17(26)23-22(24)29/h7-12,15,18-20,25,27H,4-6,13H2,1-3H3,(H,23,26,29)/t15-,18-,19-,20-/m1/s1. The fourth-order valence-corrected chi connectivity index (χ4v) is 8.33. The molecule has 0 saturated carbocycles. The number of aliphatic hydroxyl groups excluding tert-OH is 2. The van der Waals surface area contributed by atoms with Crippen LogP contribution in [0.3, 0.4) is 0 Å².